The summed E-state index contributed by atoms with van der Waals surface area (Å²) in [7, 11) is 0. The number of aliphatic hydroxyl groups is 3. The van der Waals surface area contributed by atoms with E-state index in [1.165, 1.54) is 11.4 Å². The average molecular weight is 270 g/mol. The monoisotopic (exact) mass is 270 g/mol. The third-order valence-corrected chi connectivity index (χ3v) is 3.50. The summed E-state index contributed by atoms with van der Waals surface area (Å²) in [5.74, 6) is 0. The van der Waals surface area contributed by atoms with Gasteiger partial charge in [-0.2, -0.15) is 0 Å². The SMILES string of the molecule is C[As](C)(=O)OC[C@H]1O[C@@H](O)[C@H](O)[C@@H]1O. The van der Waals surface area contributed by atoms with Gasteiger partial charge in [0.05, 0.1) is 0 Å². The number of hydrogen-bond donors (Lipinski definition) is 3. The molecule has 14 heavy (non-hydrogen) atoms. The van der Waals surface area contributed by atoms with Crippen LogP contribution in [0.3, 0.4) is 0 Å². The van der Waals surface area contributed by atoms with Crippen LogP contribution in [-0.4, -0.2) is 60.4 Å². The van der Waals surface area contributed by atoms with Crippen molar-refractivity contribution in [3.8, 4) is 0 Å². The van der Waals surface area contributed by atoms with Gasteiger partial charge < -0.3 is 0 Å². The van der Waals surface area contributed by atoms with Crippen molar-refractivity contribution in [2.75, 3.05) is 6.61 Å². The molecule has 0 aliphatic carbocycles. The molecule has 6 nitrogen and oxygen atoms in total. The van der Waals surface area contributed by atoms with Crippen LogP contribution in [0.25, 0.3) is 0 Å². The van der Waals surface area contributed by atoms with Crippen molar-refractivity contribution in [2.24, 2.45) is 0 Å². The molecule has 0 bridgehead atoms. The molecule has 0 radical (unpaired) electrons. The van der Waals surface area contributed by atoms with Gasteiger partial charge in [-0.3, -0.25) is 0 Å². The first-order valence-electron chi connectivity index (χ1n) is 4.20. The second kappa shape index (κ2) is 4.35. The molecule has 1 rings (SSSR count). The Kier molecular flexibility index (Phi) is 3.80. The Balaban J connectivity index is 2.44. The van der Waals surface area contributed by atoms with E-state index in [4.69, 9.17) is 18.7 Å². The maximum atomic E-state index is 11.2. The summed E-state index contributed by atoms with van der Waals surface area (Å²) in [5, 5.41) is 27.5. The predicted molar refractivity (Wildman–Crippen MR) is 47.0 cm³/mol. The minimum absolute atomic E-state index is 0.0845. The van der Waals surface area contributed by atoms with Gasteiger partial charge in [-0.05, 0) is 0 Å². The molecule has 1 aliphatic heterocycles. The molecule has 0 aromatic carbocycles. The van der Waals surface area contributed by atoms with Crippen LogP contribution in [0.2, 0.25) is 11.4 Å². The Morgan fingerprint density at radius 3 is 2.21 bits per heavy atom. The topological polar surface area (TPSA) is 96.2 Å². The van der Waals surface area contributed by atoms with Gasteiger partial charge in [-0.25, -0.2) is 0 Å². The fraction of sp³-hybridized carbons (Fsp3) is 1.00. The zero-order chi connectivity index (χ0) is 10.9. The third-order valence-electron chi connectivity index (χ3n) is 1.89. The first-order chi connectivity index (χ1) is 6.31. The summed E-state index contributed by atoms with van der Waals surface area (Å²) in [6.45, 7) is -0.0845. The van der Waals surface area contributed by atoms with Crippen molar-refractivity contribution in [1.82, 2.24) is 0 Å². The number of hydrogen-bond acceptors (Lipinski definition) is 6. The van der Waals surface area contributed by atoms with Crippen LogP contribution in [0.5, 0.6) is 0 Å². The Morgan fingerprint density at radius 1 is 1.29 bits per heavy atom. The molecular formula is C7H15AsO6. The Morgan fingerprint density at radius 2 is 1.86 bits per heavy atom. The maximum absolute atomic E-state index is 11.2. The van der Waals surface area contributed by atoms with E-state index >= 15 is 0 Å². The van der Waals surface area contributed by atoms with Crippen LogP contribution < -0.4 is 0 Å². The minimum atomic E-state index is -3.22. The molecule has 1 fully saturated rings. The van der Waals surface area contributed by atoms with Gasteiger partial charge in [0.2, 0.25) is 0 Å². The summed E-state index contributed by atoms with van der Waals surface area (Å²) >= 11 is -3.22. The standard InChI is InChI=1S/C7H15AsO6/c1-8(2,12)13-3-4-5(9)6(10)7(11)14-4/h4-7,9-11H,3H2,1-2H3/t4-,5-,6-,7-/m1/s1. The van der Waals surface area contributed by atoms with Gasteiger partial charge >= 0.3 is 84.0 Å². The van der Waals surface area contributed by atoms with E-state index in [1.807, 2.05) is 0 Å². The summed E-state index contributed by atoms with van der Waals surface area (Å²) in [6, 6.07) is 0. The fourth-order valence-corrected chi connectivity index (χ4v) is 2.18. The predicted octanol–water partition coefficient (Wildman–Crippen LogP) is -1.43. The first-order valence-corrected chi connectivity index (χ1v) is 9.49. The number of aliphatic hydroxyl groups excluding tert-OH is 3. The Labute approximate surface area is 84.5 Å². The number of rotatable bonds is 3. The molecule has 0 amide bonds. The average Bonchev–Trinajstić information content (AvgIpc) is 2.28. The van der Waals surface area contributed by atoms with Crippen LogP contribution in [0, 0.1) is 0 Å². The molecule has 4 atom stereocenters. The van der Waals surface area contributed by atoms with Gasteiger partial charge in [0.1, 0.15) is 0 Å². The van der Waals surface area contributed by atoms with Crippen LogP contribution in [-0.2, 0) is 12.2 Å². The molecule has 84 valence electrons. The molecule has 0 spiro atoms. The molecule has 0 unspecified atom stereocenters. The molecule has 0 aromatic rings. The fourth-order valence-electron chi connectivity index (χ4n) is 1.12. The summed E-state index contributed by atoms with van der Waals surface area (Å²) in [5.41, 5.74) is 2.98. The second-order valence-electron chi connectivity index (χ2n) is 3.59. The zero-order valence-corrected chi connectivity index (χ0v) is 9.91. The van der Waals surface area contributed by atoms with Gasteiger partial charge in [0.15, 0.2) is 0 Å². The van der Waals surface area contributed by atoms with E-state index in [2.05, 4.69) is 0 Å². The van der Waals surface area contributed by atoms with E-state index in [-0.39, 0.29) is 6.61 Å². The summed E-state index contributed by atoms with van der Waals surface area (Å²) in [6.07, 6.45) is -4.76. The van der Waals surface area contributed by atoms with E-state index in [1.54, 1.807) is 0 Å². The van der Waals surface area contributed by atoms with Gasteiger partial charge in [-0.1, -0.05) is 0 Å². The van der Waals surface area contributed by atoms with Crippen molar-refractivity contribution in [1.29, 1.82) is 0 Å². The third kappa shape index (κ3) is 3.08. The van der Waals surface area contributed by atoms with Crippen molar-refractivity contribution in [3.63, 3.8) is 0 Å². The van der Waals surface area contributed by atoms with Gasteiger partial charge in [0.25, 0.3) is 0 Å². The van der Waals surface area contributed by atoms with Crippen LogP contribution in [0.15, 0.2) is 0 Å². The first kappa shape index (κ1) is 12.2. The van der Waals surface area contributed by atoms with E-state index < -0.39 is 38.4 Å². The molecule has 1 heterocycles. The van der Waals surface area contributed by atoms with Gasteiger partial charge in [0, 0.05) is 0 Å². The Bertz CT molecular complexity index is 238. The molecule has 7 heteroatoms. The van der Waals surface area contributed by atoms with Crippen molar-refractivity contribution >= 4 is 13.8 Å². The second-order valence-corrected chi connectivity index (χ2v) is 9.39. The summed E-state index contributed by atoms with van der Waals surface area (Å²) < 4.78 is 21.0. The summed E-state index contributed by atoms with van der Waals surface area (Å²) in [4.78, 5) is 0. The molecule has 0 aromatic heterocycles. The normalized spacial score (nSPS) is 38.9. The van der Waals surface area contributed by atoms with Crippen molar-refractivity contribution in [3.05, 3.63) is 0 Å². The van der Waals surface area contributed by atoms with E-state index in [9.17, 15) is 8.85 Å². The molecule has 1 aliphatic rings. The zero-order valence-electron chi connectivity index (χ0n) is 8.03. The molecular weight excluding hydrogens is 255 g/mol. The number of ether oxygens (including phenoxy) is 1. The van der Waals surface area contributed by atoms with Gasteiger partial charge in [-0.15, -0.1) is 0 Å². The molecule has 3 N–H and O–H groups in total. The van der Waals surface area contributed by atoms with Crippen LogP contribution >= 0.6 is 0 Å². The molecule has 1 saturated heterocycles. The van der Waals surface area contributed by atoms with Crippen LogP contribution in [0.4, 0.5) is 0 Å². The Hall–Kier alpha value is 0.158. The van der Waals surface area contributed by atoms with E-state index in [0.717, 1.165) is 0 Å². The van der Waals surface area contributed by atoms with E-state index in [0.29, 0.717) is 0 Å². The van der Waals surface area contributed by atoms with Crippen LogP contribution in [0.1, 0.15) is 0 Å². The molecule has 0 saturated carbocycles. The van der Waals surface area contributed by atoms with Crippen molar-refractivity contribution in [2.45, 2.75) is 36.0 Å². The quantitative estimate of drug-likeness (QED) is 0.544. The van der Waals surface area contributed by atoms with Crippen molar-refractivity contribution < 1.29 is 27.5 Å².